The minimum atomic E-state index is -0.766. The molecule has 0 bridgehead atoms. The second kappa shape index (κ2) is 5.49. The van der Waals surface area contributed by atoms with Crippen molar-refractivity contribution in [2.24, 2.45) is 0 Å². The Bertz CT molecular complexity index is 340. The van der Waals surface area contributed by atoms with Crippen LogP contribution >= 0.6 is 22.9 Å². The molecule has 0 radical (unpaired) electrons. The van der Waals surface area contributed by atoms with Crippen molar-refractivity contribution < 1.29 is 9.90 Å². The van der Waals surface area contributed by atoms with Crippen molar-refractivity contribution >= 4 is 28.9 Å². The summed E-state index contributed by atoms with van der Waals surface area (Å²) in [5.74, 6) is -0.766. The number of carboxylic acids is 1. The Morgan fingerprint density at radius 3 is 2.87 bits per heavy atom. The van der Waals surface area contributed by atoms with Crippen LogP contribution in [0.25, 0.3) is 0 Å². The summed E-state index contributed by atoms with van der Waals surface area (Å²) in [6.07, 6.45) is 0.165. The third-order valence-electron chi connectivity index (χ3n) is 2.41. The lowest BCUT2D eigenvalue weighted by Gasteiger charge is -2.23. The maximum absolute atomic E-state index is 10.4. The molecule has 0 saturated carbocycles. The quantitative estimate of drug-likeness (QED) is 0.870. The molecule has 0 aliphatic carbocycles. The molecule has 1 aromatic heterocycles. The molecule has 1 atom stereocenters. The lowest BCUT2D eigenvalue weighted by Crippen LogP contribution is -2.24. The summed E-state index contributed by atoms with van der Waals surface area (Å²) < 4.78 is 0.767. The summed E-state index contributed by atoms with van der Waals surface area (Å²) in [7, 11) is 1.92. The van der Waals surface area contributed by atoms with Gasteiger partial charge in [0.2, 0.25) is 0 Å². The molecule has 1 N–H and O–H groups in total. The summed E-state index contributed by atoms with van der Waals surface area (Å²) in [6, 6.07) is 2.13. The molecular weight excluding hydrogens is 234 g/mol. The van der Waals surface area contributed by atoms with Gasteiger partial charge in [-0.25, -0.2) is 0 Å². The van der Waals surface area contributed by atoms with E-state index in [1.165, 1.54) is 11.3 Å². The first-order valence-electron chi connectivity index (χ1n) is 4.66. The standard InChI is InChI=1S/C10H14ClNO2S/c1-7(8-5-9(11)15-6-8)12(2)4-3-10(13)14/h5-7H,3-4H2,1-2H3,(H,13,14). The highest BCUT2D eigenvalue weighted by molar-refractivity contribution is 7.14. The minimum absolute atomic E-state index is 0.165. The second-order valence-electron chi connectivity index (χ2n) is 3.48. The van der Waals surface area contributed by atoms with Gasteiger partial charge >= 0.3 is 5.97 Å². The molecule has 0 aliphatic rings. The summed E-state index contributed by atoms with van der Waals surface area (Å²) in [5, 5.41) is 10.6. The van der Waals surface area contributed by atoms with Crippen LogP contribution in [0.4, 0.5) is 0 Å². The largest absolute Gasteiger partial charge is 0.481 e. The molecule has 1 heterocycles. The number of halogens is 1. The lowest BCUT2D eigenvalue weighted by atomic mass is 10.1. The normalized spacial score (nSPS) is 13.1. The highest BCUT2D eigenvalue weighted by Crippen LogP contribution is 2.27. The Balaban J connectivity index is 2.52. The van der Waals surface area contributed by atoms with Gasteiger partial charge in [-0.05, 0) is 31.0 Å². The maximum atomic E-state index is 10.4. The fourth-order valence-electron chi connectivity index (χ4n) is 1.26. The Morgan fingerprint density at radius 2 is 2.40 bits per heavy atom. The lowest BCUT2D eigenvalue weighted by molar-refractivity contribution is -0.137. The number of hydrogen-bond donors (Lipinski definition) is 1. The van der Waals surface area contributed by atoms with Gasteiger partial charge in [-0.15, -0.1) is 11.3 Å². The molecule has 0 amide bonds. The molecule has 0 saturated heterocycles. The van der Waals surface area contributed by atoms with Crippen LogP contribution in [0.3, 0.4) is 0 Å². The van der Waals surface area contributed by atoms with E-state index >= 15 is 0 Å². The highest BCUT2D eigenvalue weighted by Gasteiger charge is 2.13. The first-order chi connectivity index (χ1) is 7.00. The Morgan fingerprint density at radius 1 is 1.73 bits per heavy atom. The van der Waals surface area contributed by atoms with Gasteiger partial charge in [0.1, 0.15) is 0 Å². The minimum Gasteiger partial charge on any atom is -0.481 e. The number of thiophene rings is 1. The van der Waals surface area contributed by atoms with E-state index in [4.69, 9.17) is 16.7 Å². The van der Waals surface area contributed by atoms with Crippen LogP contribution in [0.1, 0.15) is 24.9 Å². The van der Waals surface area contributed by atoms with Crippen molar-refractivity contribution in [3.63, 3.8) is 0 Å². The molecule has 1 aromatic rings. The number of rotatable bonds is 5. The second-order valence-corrected chi connectivity index (χ2v) is 5.03. The van der Waals surface area contributed by atoms with Gasteiger partial charge in [-0.3, -0.25) is 9.69 Å². The van der Waals surface area contributed by atoms with E-state index in [1.54, 1.807) is 0 Å². The van der Waals surface area contributed by atoms with Crippen LogP contribution in [-0.2, 0) is 4.79 Å². The van der Waals surface area contributed by atoms with E-state index in [0.717, 1.165) is 9.90 Å². The van der Waals surface area contributed by atoms with E-state index in [0.29, 0.717) is 6.54 Å². The van der Waals surface area contributed by atoms with Crippen LogP contribution in [0.2, 0.25) is 4.34 Å². The molecule has 0 fully saturated rings. The number of carbonyl (C=O) groups is 1. The molecule has 0 aromatic carbocycles. The van der Waals surface area contributed by atoms with E-state index in [9.17, 15) is 4.79 Å². The predicted octanol–water partition coefficient (Wildman–Crippen LogP) is 2.87. The number of nitrogens with zero attached hydrogens (tertiary/aromatic N) is 1. The molecular formula is C10H14ClNO2S. The number of carboxylic acid groups (broad SMARTS) is 1. The van der Waals surface area contributed by atoms with Crippen LogP contribution in [0.5, 0.6) is 0 Å². The van der Waals surface area contributed by atoms with Gasteiger partial charge in [0.15, 0.2) is 0 Å². The maximum Gasteiger partial charge on any atom is 0.304 e. The van der Waals surface area contributed by atoms with Gasteiger partial charge in [-0.2, -0.15) is 0 Å². The molecule has 0 aliphatic heterocycles. The fraction of sp³-hybridized carbons (Fsp3) is 0.500. The SMILES string of the molecule is CC(c1csc(Cl)c1)N(C)CCC(=O)O. The van der Waals surface area contributed by atoms with E-state index in [2.05, 4.69) is 0 Å². The molecule has 3 nitrogen and oxygen atoms in total. The summed E-state index contributed by atoms with van der Waals surface area (Å²) in [5.41, 5.74) is 1.14. The van der Waals surface area contributed by atoms with Crippen LogP contribution in [0, 0.1) is 0 Å². The zero-order valence-corrected chi connectivity index (χ0v) is 10.3. The van der Waals surface area contributed by atoms with Crippen LogP contribution in [0.15, 0.2) is 11.4 Å². The van der Waals surface area contributed by atoms with Crippen molar-refractivity contribution in [3.8, 4) is 0 Å². The van der Waals surface area contributed by atoms with Crippen molar-refractivity contribution in [1.82, 2.24) is 4.90 Å². The zero-order chi connectivity index (χ0) is 11.4. The van der Waals surface area contributed by atoms with Crippen LogP contribution in [-0.4, -0.2) is 29.6 Å². The first-order valence-corrected chi connectivity index (χ1v) is 5.92. The summed E-state index contributed by atoms with van der Waals surface area (Å²) >= 11 is 7.34. The highest BCUT2D eigenvalue weighted by atomic mass is 35.5. The molecule has 1 unspecified atom stereocenters. The van der Waals surface area contributed by atoms with Crippen molar-refractivity contribution in [3.05, 3.63) is 21.3 Å². The van der Waals surface area contributed by atoms with E-state index < -0.39 is 5.97 Å². The fourth-order valence-corrected chi connectivity index (χ4v) is 2.24. The Labute approximate surface area is 98.3 Å². The van der Waals surface area contributed by atoms with Gasteiger partial charge in [0, 0.05) is 12.6 Å². The molecule has 84 valence electrons. The molecule has 1 rings (SSSR count). The predicted molar refractivity (Wildman–Crippen MR) is 62.6 cm³/mol. The topological polar surface area (TPSA) is 40.5 Å². The first kappa shape index (κ1) is 12.5. The van der Waals surface area contributed by atoms with Crippen molar-refractivity contribution in [1.29, 1.82) is 0 Å². The smallest absolute Gasteiger partial charge is 0.304 e. The number of hydrogen-bond acceptors (Lipinski definition) is 3. The summed E-state index contributed by atoms with van der Waals surface area (Å²) in [4.78, 5) is 12.4. The van der Waals surface area contributed by atoms with Crippen molar-refractivity contribution in [2.75, 3.05) is 13.6 Å². The average Bonchev–Trinajstić information content (AvgIpc) is 2.60. The van der Waals surface area contributed by atoms with E-state index in [-0.39, 0.29) is 12.5 Å². The third-order valence-corrected chi connectivity index (χ3v) is 3.52. The Hall–Kier alpha value is -0.580. The van der Waals surface area contributed by atoms with Crippen LogP contribution < -0.4 is 0 Å². The number of aliphatic carboxylic acids is 1. The summed E-state index contributed by atoms with van der Waals surface area (Å²) in [6.45, 7) is 2.59. The average molecular weight is 248 g/mol. The van der Waals surface area contributed by atoms with E-state index in [1.807, 2.05) is 30.3 Å². The van der Waals surface area contributed by atoms with Gasteiger partial charge < -0.3 is 5.11 Å². The molecule has 15 heavy (non-hydrogen) atoms. The van der Waals surface area contributed by atoms with Gasteiger partial charge in [-0.1, -0.05) is 11.6 Å². The Kier molecular flexibility index (Phi) is 4.57. The molecule has 5 heteroatoms. The zero-order valence-electron chi connectivity index (χ0n) is 8.74. The monoisotopic (exact) mass is 247 g/mol. The van der Waals surface area contributed by atoms with Gasteiger partial charge in [0.25, 0.3) is 0 Å². The van der Waals surface area contributed by atoms with Crippen molar-refractivity contribution in [2.45, 2.75) is 19.4 Å². The van der Waals surface area contributed by atoms with Gasteiger partial charge in [0.05, 0.1) is 10.8 Å². The third kappa shape index (κ3) is 3.81. The molecule has 0 spiro atoms.